The molecular formula is C19H27N3O3. The highest BCUT2D eigenvalue weighted by Crippen LogP contribution is 2.40. The van der Waals surface area contributed by atoms with Gasteiger partial charge in [0, 0.05) is 25.6 Å². The van der Waals surface area contributed by atoms with Gasteiger partial charge in [0.2, 0.25) is 0 Å². The van der Waals surface area contributed by atoms with E-state index in [4.69, 9.17) is 0 Å². The molecule has 0 aromatic heterocycles. The van der Waals surface area contributed by atoms with Gasteiger partial charge in [-0.3, -0.25) is 0 Å². The van der Waals surface area contributed by atoms with Crippen molar-refractivity contribution in [1.82, 2.24) is 14.7 Å². The predicted octanol–water partition coefficient (Wildman–Crippen LogP) is 1.01. The molecule has 3 rings (SSSR count). The van der Waals surface area contributed by atoms with Crippen molar-refractivity contribution >= 4 is 17.7 Å². The average Bonchev–Trinajstić information content (AvgIpc) is 2.84. The Morgan fingerprint density at radius 3 is 2.68 bits per heavy atom. The van der Waals surface area contributed by atoms with Crippen molar-refractivity contribution in [3.63, 3.8) is 0 Å². The zero-order valence-electron chi connectivity index (χ0n) is 15.5. The fourth-order valence-electron chi connectivity index (χ4n) is 4.33. The summed E-state index contributed by atoms with van der Waals surface area (Å²) in [6.07, 6.45) is 0.0727. The Morgan fingerprint density at radius 1 is 1.32 bits per heavy atom. The van der Waals surface area contributed by atoms with Gasteiger partial charge in [-0.1, -0.05) is 6.07 Å². The van der Waals surface area contributed by atoms with Crippen molar-refractivity contribution in [3.05, 3.63) is 29.3 Å². The minimum absolute atomic E-state index is 0.0930. The Balaban J connectivity index is 2.04. The molecule has 2 heterocycles. The molecule has 1 fully saturated rings. The minimum Gasteiger partial charge on any atom is -0.530 e. The van der Waals surface area contributed by atoms with Gasteiger partial charge in [0.15, 0.2) is 0 Å². The van der Waals surface area contributed by atoms with Crippen LogP contribution in [0.3, 0.4) is 0 Å². The molecular weight excluding hydrogens is 318 g/mol. The summed E-state index contributed by atoms with van der Waals surface area (Å²) in [5.41, 5.74) is 3.20. The van der Waals surface area contributed by atoms with E-state index in [2.05, 4.69) is 29.4 Å². The van der Waals surface area contributed by atoms with Crippen LogP contribution in [0.4, 0.5) is 10.5 Å². The summed E-state index contributed by atoms with van der Waals surface area (Å²) in [7, 11) is 2.11. The number of likely N-dealkylation sites (N-methyl/N-ethyl adjacent to an activating group) is 1. The molecule has 2 atom stereocenters. The van der Waals surface area contributed by atoms with E-state index < -0.39 is 12.1 Å². The zero-order valence-corrected chi connectivity index (χ0v) is 15.5. The number of hydrogen-bond acceptors (Lipinski definition) is 4. The molecule has 1 unspecified atom stereocenters. The van der Waals surface area contributed by atoms with Crippen LogP contribution in [-0.4, -0.2) is 48.6 Å². The monoisotopic (exact) mass is 345 g/mol. The molecule has 0 spiro atoms. The number of carboxylic acid groups (broad SMARTS) is 1. The van der Waals surface area contributed by atoms with E-state index in [1.54, 1.807) is 0 Å². The Bertz CT molecular complexity index is 710. The van der Waals surface area contributed by atoms with Gasteiger partial charge < -0.3 is 20.1 Å². The first-order valence-corrected chi connectivity index (χ1v) is 8.86. The first-order valence-electron chi connectivity index (χ1n) is 8.86. The fraction of sp³-hybridized carbons (Fsp3) is 0.579. The Labute approximate surface area is 149 Å². The maximum atomic E-state index is 13.2. The molecule has 1 saturated heterocycles. The van der Waals surface area contributed by atoms with Gasteiger partial charge in [-0.25, -0.2) is 9.28 Å². The van der Waals surface area contributed by atoms with Crippen LogP contribution in [0.25, 0.3) is 0 Å². The summed E-state index contributed by atoms with van der Waals surface area (Å²) < 4.78 is 0.168. The quantitative estimate of drug-likeness (QED) is 0.812. The third kappa shape index (κ3) is 2.93. The zero-order chi connectivity index (χ0) is 18.4. The van der Waals surface area contributed by atoms with Crippen LogP contribution in [0.5, 0.6) is 0 Å². The number of amides is 2. The van der Waals surface area contributed by atoms with E-state index in [-0.39, 0.29) is 15.9 Å². The fourth-order valence-corrected chi connectivity index (χ4v) is 4.33. The summed E-state index contributed by atoms with van der Waals surface area (Å²) in [6, 6.07) is 5.63. The molecule has 1 aromatic carbocycles. The van der Waals surface area contributed by atoms with Crippen LogP contribution in [0.15, 0.2) is 18.2 Å². The number of quaternary nitrogens is 1. The van der Waals surface area contributed by atoms with Crippen molar-refractivity contribution in [3.8, 4) is 0 Å². The molecule has 25 heavy (non-hydrogen) atoms. The highest BCUT2D eigenvalue weighted by Gasteiger charge is 2.56. The number of carbonyl (C=O) groups is 2. The topological polar surface area (TPSA) is 72.5 Å². The summed E-state index contributed by atoms with van der Waals surface area (Å²) in [5.74, 6) is -0.0930. The second kappa shape index (κ2) is 6.11. The van der Waals surface area contributed by atoms with Gasteiger partial charge in [0.1, 0.15) is 23.4 Å². The lowest BCUT2D eigenvalue weighted by atomic mass is 9.95. The second-order valence-corrected chi connectivity index (χ2v) is 8.26. The minimum atomic E-state index is -1.39. The van der Waals surface area contributed by atoms with Crippen molar-refractivity contribution in [2.75, 3.05) is 20.1 Å². The van der Waals surface area contributed by atoms with Crippen LogP contribution in [0.1, 0.15) is 38.3 Å². The van der Waals surface area contributed by atoms with E-state index in [0.717, 1.165) is 25.2 Å². The van der Waals surface area contributed by atoms with Crippen LogP contribution >= 0.6 is 0 Å². The smallest absolute Gasteiger partial charge is 0.341 e. The molecule has 6 heteroatoms. The van der Waals surface area contributed by atoms with Crippen molar-refractivity contribution in [2.24, 2.45) is 0 Å². The third-order valence-corrected chi connectivity index (χ3v) is 5.70. The van der Waals surface area contributed by atoms with E-state index in [1.165, 1.54) is 11.1 Å². The normalized spacial score (nSPS) is 27.2. The SMILES string of the molecule is CN1CCc2cc([N+]3(C(C)(C)C)CC[C@H](NC(=O)[O-])C3=O)ccc2C1. The predicted molar refractivity (Wildman–Crippen MR) is 94.8 cm³/mol. The molecule has 2 amide bonds. The number of benzene rings is 1. The van der Waals surface area contributed by atoms with Gasteiger partial charge in [0.25, 0.3) is 0 Å². The highest BCUT2D eigenvalue weighted by molar-refractivity contribution is 5.97. The van der Waals surface area contributed by atoms with Crippen molar-refractivity contribution in [2.45, 2.75) is 51.7 Å². The van der Waals surface area contributed by atoms with Crippen LogP contribution in [-0.2, 0) is 17.8 Å². The molecule has 2 aliphatic rings. The van der Waals surface area contributed by atoms with Gasteiger partial charge in [-0.15, -0.1) is 0 Å². The van der Waals surface area contributed by atoms with Crippen molar-refractivity contribution in [1.29, 1.82) is 0 Å². The van der Waals surface area contributed by atoms with Gasteiger partial charge in [0.05, 0.1) is 6.54 Å². The van der Waals surface area contributed by atoms with Crippen LogP contribution in [0.2, 0.25) is 0 Å². The average molecular weight is 345 g/mol. The molecule has 1 N–H and O–H groups in total. The number of hydrogen-bond donors (Lipinski definition) is 1. The lowest BCUT2D eigenvalue weighted by Gasteiger charge is -2.43. The largest absolute Gasteiger partial charge is 0.530 e. The van der Waals surface area contributed by atoms with E-state index in [0.29, 0.717) is 13.0 Å². The van der Waals surface area contributed by atoms with Gasteiger partial charge in [-0.05, 0) is 51.4 Å². The first kappa shape index (κ1) is 17.9. The number of nitrogens with zero attached hydrogens (tertiary/aromatic N) is 2. The summed E-state index contributed by atoms with van der Waals surface area (Å²) in [4.78, 5) is 26.5. The highest BCUT2D eigenvalue weighted by atomic mass is 16.4. The van der Waals surface area contributed by atoms with E-state index in [9.17, 15) is 14.7 Å². The van der Waals surface area contributed by atoms with Crippen molar-refractivity contribution < 1.29 is 14.7 Å². The lowest BCUT2D eigenvalue weighted by Crippen LogP contribution is -2.65. The number of fused-ring (bicyclic) bond motifs is 1. The maximum absolute atomic E-state index is 13.2. The number of carbonyl (C=O) groups excluding carboxylic acids is 2. The van der Waals surface area contributed by atoms with Crippen LogP contribution < -0.4 is 14.9 Å². The molecule has 0 radical (unpaired) electrons. The summed E-state index contributed by atoms with van der Waals surface area (Å²) in [6.45, 7) is 8.65. The third-order valence-electron chi connectivity index (χ3n) is 5.70. The van der Waals surface area contributed by atoms with Gasteiger partial charge in [-0.2, -0.15) is 0 Å². The molecule has 0 saturated carbocycles. The number of likely N-dealkylation sites (tertiary alicyclic amines) is 1. The first-order chi connectivity index (χ1) is 11.6. The molecule has 1 aromatic rings. The maximum Gasteiger partial charge on any atom is 0.341 e. The Morgan fingerprint density at radius 2 is 2.04 bits per heavy atom. The van der Waals surface area contributed by atoms with Crippen LogP contribution in [0, 0.1) is 0 Å². The molecule has 0 bridgehead atoms. The Hall–Kier alpha value is -1.92. The molecule has 2 aliphatic heterocycles. The summed E-state index contributed by atoms with van der Waals surface area (Å²) in [5, 5.41) is 13.2. The molecule has 136 valence electrons. The molecule has 6 nitrogen and oxygen atoms in total. The number of nitrogens with one attached hydrogen (secondary N) is 1. The van der Waals surface area contributed by atoms with E-state index >= 15 is 0 Å². The summed E-state index contributed by atoms with van der Waals surface area (Å²) >= 11 is 0. The van der Waals surface area contributed by atoms with Gasteiger partial charge >= 0.3 is 5.91 Å². The second-order valence-electron chi connectivity index (χ2n) is 8.26. The lowest BCUT2D eigenvalue weighted by molar-refractivity contribution is -0.251. The standard InChI is InChI=1S/C19H27N3O3/c1-19(2,3)22(10-8-16(17(22)23)20-18(24)25)15-6-5-14-12-21(4)9-7-13(14)11-15/h5-6,11,16,20H,7-10,12H2,1-4H3/t16-,22?/m0/s1. The molecule has 0 aliphatic carbocycles. The van der Waals surface area contributed by atoms with E-state index in [1.807, 2.05) is 26.8 Å². The number of rotatable bonds is 2. The Kier molecular flexibility index (Phi) is 4.37.